The molecule has 2 N–H and O–H groups in total. The number of ether oxygens (including phenoxy) is 1. The largest absolute Gasteiger partial charge is 0.507 e. The van der Waals surface area contributed by atoms with Crippen molar-refractivity contribution in [2.75, 3.05) is 13.3 Å². The van der Waals surface area contributed by atoms with Crippen molar-refractivity contribution < 1.29 is 28.5 Å². The molecule has 4 nitrogen and oxygen atoms in total. The number of aromatic hydroxyl groups is 1. The number of phenols is 1. The number of benzene rings is 2. The van der Waals surface area contributed by atoms with Crippen LogP contribution in [0.25, 0.3) is 0 Å². The SMILES string of the molecule is CCOC(=O)c1cc(O)c(C(O)c2ccc(CCF)cc2)c(F)c1. The summed E-state index contributed by atoms with van der Waals surface area (Å²) < 4.78 is 31.3. The molecule has 0 heterocycles. The van der Waals surface area contributed by atoms with Gasteiger partial charge in [-0.2, -0.15) is 0 Å². The van der Waals surface area contributed by atoms with Gasteiger partial charge >= 0.3 is 5.97 Å². The number of rotatable bonds is 6. The van der Waals surface area contributed by atoms with Crippen LogP contribution in [0.2, 0.25) is 0 Å². The van der Waals surface area contributed by atoms with E-state index >= 15 is 0 Å². The lowest BCUT2D eigenvalue weighted by Crippen LogP contribution is -2.08. The van der Waals surface area contributed by atoms with Crippen molar-refractivity contribution in [3.05, 3.63) is 64.5 Å². The molecule has 2 aromatic carbocycles. The Morgan fingerprint density at radius 3 is 2.46 bits per heavy atom. The van der Waals surface area contributed by atoms with Gasteiger partial charge in [0, 0.05) is 6.42 Å². The zero-order valence-electron chi connectivity index (χ0n) is 13.1. The van der Waals surface area contributed by atoms with Gasteiger partial charge in [0.2, 0.25) is 0 Å². The fraction of sp³-hybridized carbons (Fsp3) is 0.278. The smallest absolute Gasteiger partial charge is 0.338 e. The van der Waals surface area contributed by atoms with E-state index < -0.39 is 30.3 Å². The third-order valence-corrected chi connectivity index (χ3v) is 3.57. The lowest BCUT2D eigenvalue weighted by Gasteiger charge is -2.15. The second kappa shape index (κ2) is 7.88. The van der Waals surface area contributed by atoms with E-state index in [0.717, 1.165) is 17.7 Å². The van der Waals surface area contributed by atoms with Crippen molar-refractivity contribution in [1.29, 1.82) is 0 Å². The third kappa shape index (κ3) is 3.89. The van der Waals surface area contributed by atoms with Gasteiger partial charge in [0.25, 0.3) is 0 Å². The molecule has 1 unspecified atom stereocenters. The number of carbonyl (C=O) groups is 1. The maximum Gasteiger partial charge on any atom is 0.338 e. The monoisotopic (exact) mass is 336 g/mol. The number of phenolic OH excluding ortho intramolecular Hbond substituents is 1. The van der Waals surface area contributed by atoms with E-state index in [1.807, 2.05) is 0 Å². The molecule has 24 heavy (non-hydrogen) atoms. The molecule has 6 heteroatoms. The first-order valence-corrected chi connectivity index (χ1v) is 7.50. The first-order chi connectivity index (χ1) is 11.5. The molecule has 0 aliphatic heterocycles. The number of esters is 1. The summed E-state index contributed by atoms with van der Waals surface area (Å²) in [6, 6.07) is 8.28. The average molecular weight is 336 g/mol. The summed E-state index contributed by atoms with van der Waals surface area (Å²) in [6.07, 6.45) is -1.16. The lowest BCUT2D eigenvalue weighted by molar-refractivity contribution is 0.0525. The minimum Gasteiger partial charge on any atom is -0.507 e. The van der Waals surface area contributed by atoms with E-state index in [1.165, 1.54) is 12.1 Å². The molecular formula is C18H18F2O4. The number of aryl methyl sites for hydroxylation is 1. The predicted octanol–water partition coefficient (Wildman–Crippen LogP) is 3.30. The highest BCUT2D eigenvalue weighted by atomic mass is 19.1. The minimum absolute atomic E-state index is 0.122. The van der Waals surface area contributed by atoms with Gasteiger partial charge in [-0.05, 0) is 30.2 Å². The molecule has 0 fully saturated rings. The van der Waals surface area contributed by atoms with Crippen molar-refractivity contribution in [3.63, 3.8) is 0 Å². The molecule has 0 spiro atoms. The normalized spacial score (nSPS) is 12.0. The summed E-state index contributed by atoms with van der Waals surface area (Å²) in [5.41, 5.74) is 0.619. The average Bonchev–Trinajstić information content (AvgIpc) is 2.55. The van der Waals surface area contributed by atoms with Gasteiger partial charge in [0.05, 0.1) is 24.4 Å². The Bertz CT molecular complexity index is 690. The predicted molar refractivity (Wildman–Crippen MR) is 84.2 cm³/mol. The van der Waals surface area contributed by atoms with Crippen LogP contribution in [0.15, 0.2) is 36.4 Å². The number of carbonyl (C=O) groups excluding carboxylic acids is 1. The van der Waals surface area contributed by atoms with Gasteiger partial charge in [0.15, 0.2) is 0 Å². The molecule has 128 valence electrons. The highest BCUT2D eigenvalue weighted by molar-refractivity contribution is 5.90. The van der Waals surface area contributed by atoms with Gasteiger partial charge in [-0.15, -0.1) is 0 Å². The zero-order chi connectivity index (χ0) is 17.7. The molecule has 0 saturated carbocycles. The molecule has 0 aromatic heterocycles. The molecule has 0 aliphatic rings. The number of alkyl halides is 1. The van der Waals surface area contributed by atoms with Crippen LogP contribution in [0, 0.1) is 5.82 Å². The molecular weight excluding hydrogens is 318 g/mol. The molecule has 1 atom stereocenters. The Hall–Kier alpha value is -2.47. The highest BCUT2D eigenvalue weighted by Crippen LogP contribution is 2.33. The Morgan fingerprint density at radius 1 is 1.25 bits per heavy atom. The number of aliphatic hydroxyl groups excluding tert-OH is 1. The van der Waals surface area contributed by atoms with Crippen molar-refractivity contribution in [1.82, 2.24) is 0 Å². The second-order valence-corrected chi connectivity index (χ2v) is 5.19. The number of hydrogen-bond donors (Lipinski definition) is 2. The van der Waals surface area contributed by atoms with Crippen LogP contribution in [0.3, 0.4) is 0 Å². The van der Waals surface area contributed by atoms with Crippen molar-refractivity contribution in [2.24, 2.45) is 0 Å². The minimum atomic E-state index is -1.42. The van der Waals surface area contributed by atoms with Crippen molar-refractivity contribution in [3.8, 4) is 5.75 Å². The van der Waals surface area contributed by atoms with Crippen LogP contribution in [-0.2, 0) is 11.2 Å². The van der Waals surface area contributed by atoms with Crippen LogP contribution in [0.5, 0.6) is 5.75 Å². The summed E-state index contributed by atoms with van der Waals surface area (Å²) >= 11 is 0. The highest BCUT2D eigenvalue weighted by Gasteiger charge is 2.22. The summed E-state index contributed by atoms with van der Waals surface area (Å²) in [5, 5.41) is 20.3. The van der Waals surface area contributed by atoms with Gasteiger partial charge in [-0.25, -0.2) is 9.18 Å². The van der Waals surface area contributed by atoms with E-state index in [-0.39, 0.29) is 24.2 Å². The Balaban J connectivity index is 2.32. The molecule has 0 aliphatic carbocycles. The summed E-state index contributed by atoms with van der Waals surface area (Å²) in [6.45, 7) is 1.24. The fourth-order valence-corrected chi connectivity index (χ4v) is 2.35. The van der Waals surface area contributed by atoms with E-state index in [9.17, 15) is 23.8 Å². The molecule has 2 aromatic rings. The second-order valence-electron chi connectivity index (χ2n) is 5.19. The molecule has 2 rings (SSSR count). The van der Waals surface area contributed by atoms with Crippen molar-refractivity contribution in [2.45, 2.75) is 19.4 Å². The van der Waals surface area contributed by atoms with Gasteiger partial charge in [-0.3, -0.25) is 4.39 Å². The first-order valence-electron chi connectivity index (χ1n) is 7.50. The fourth-order valence-electron chi connectivity index (χ4n) is 2.35. The standard InChI is InChI=1S/C18H18F2O4/c1-2-24-18(23)13-9-14(20)16(15(21)10-13)17(22)12-5-3-11(4-6-12)7-8-19/h3-6,9-10,17,21-22H,2,7-8H2,1H3. The quantitative estimate of drug-likeness (QED) is 0.794. The molecule has 0 bridgehead atoms. The first kappa shape index (κ1) is 17.9. The maximum absolute atomic E-state index is 14.3. The Labute approximate surface area is 138 Å². The van der Waals surface area contributed by atoms with E-state index in [2.05, 4.69) is 0 Å². The van der Waals surface area contributed by atoms with Gasteiger partial charge in [0.1, 0.15) is 17.7 Å². The van der Waals surface area contributed by atoms with E-state index in [4.69, 9.17) is 4.74 Å². The van der Waals surface area contributed by atoms with Crippen LogP contribution in [0.4, 0.5) is 8.78 Å². The topological polar surface area (TPSA) is 66.8 Å². The van der Waals surface area contributed by atoms with Crippen LogP contribution in [-0.4, -0.2) is 29.5 Å². The number of halogens is 2. The van der Waals surface area contributed by atoms with Crippen LogP contribution in [0.1, 0.15) is 40.1 Å². The number of aliphatic hydroxyl groups is 1. The summed E-state index contributed by atoms with van der Waals surface area (Å²) in [7, 11) is 0. The van der Waals surface area contributed by atoms with Gasteiger partial charge in [-0.1, -0.05) is 24.3 Å². The van der Waals surface area contributed by atoms with Crippen LogP contribution < -0.4 is 0 Å². The van der Waals surface area contributed by atoms with E-state index in [0.29, 0.717) is 5.56 Å². The lowest BCUT2D eigenvalue weighted by atomic mass is 9.97. The third-order valence-electron chi connectivity index (χ3n) is 3.57. The van der Waals surface area contributed by atoms with Crippen LogP contribution >= 0.6 is 0 Å². The van der Waals surface area contributed by atoms with Gasteiger partial charge < -0.3 is 14.9 Å². The maximum atomic E-state index is 14.3. The summed E-state index contributed by atoms with van der Waals surface area (Å²) in [5.74, 6) is -2.22. The molecule has 0 radical (unpaired) electrons. The summed E-state index contributed by atoms with van der Waals surface area (Å²) in [4.78, 5) is 11.6. The zero-order valence-corrected chi connectivity index (χ0v) is 13.1. The number of hydrogen-bond acceptors (Lipinski definition) is 4. The van der Waals surface area contributed by atoms with Crippen molar-refractivity contribution >= 4 is 5.97 Å². The Morgan fingerprint density at radius 2 is 1.92 bits per heavy atom. The Kier molecular flexibility index (Phi) is 5.87. The molecule has 0 amide bonds. The van der Waals surface area contributed by atoms with E-state index in [1.54, 1.807) is 19.1 Å². The molecule has 0 saturated heterocycles.